The molecule has 6 nitrogen and oxygen atoms in total. The second-order valence-electron chi connectivity index (χ2n) is 4.98. The van der Waals surface area contributed by atoms with Crippen LogP contribution in [0.4, 0.5) is 0 Å². The Labute approximate surface area is 142 Å². The fourth-order valence-electron chi connectivity index (χ4n) is 1.85. The van der Waals surface area contributed by atoms with Crippen LogP contribution >= 0.6 is 0 Å². The van der Waals surface area contributed by atoms with E-state index in [-0.39, 0.29) is 6.15 Å². The predicted molar refractivity (Wildman–Crippen MR) is 96.2 cm³/mol. The van der Waals surface area contributed by atoms with Gasteiger partial charge in [-0.05, 0) is 30.5 Å². The number of aldehydes is 1. The third-order valence-corrected chi connectivity index (χ3v) is 3.19. The molecule has 6 heteroatoms. The molecule has 0 saturated carbocycles. The van der Waals surface area contributed by atoms with E-state index in [1.165, 1.54) is 5.56 Å². The van der Waals surface area contributed by atoms with Crippen molar-refractivity contribution in [3.05, 3.63) is 60.2 Å². The quantitative estimate of drug-likeness (QED) is 0.599. The summed E-state index contributed by atoms with van der Waals surface area (Å²) in [7, 11) is 0. The molecule has 0 fully saturated rings. The molecule has 2 aromatic carbocycles. The molecule has 0 heterocycles. The first-order valence-corrected chi connectivity index (χ1v) is 7.37. The third-order valence-electron chi connectivity index (χ3n) is 3.19. The van der Waals surface area contributed by atoms with Gasteiger partial charge in [-0.2, -0.15) is 0 Å². The van der Waals surface area contributed by atoms with Crippen molar-refractivity contribution in [2.75, 3.05) is 6.54 Å². The highest BCUT2D eigenvalue weighted by Crippen LogP contribution is 2.18. The van der Waals surface area contributed by atoms with Gasteiger partial charge >= 0.3 is 5.97 Å². The van der Waals surface area contributed by atoms with Gasteiger partial charge in [-0.15, -0.1) is 0 Å². The lowest BCUT2D eigenvalue weighted by Gasteiger charge is -2.02. The topological polar surface area (TPSA) is 141 Å². The van der Waals surface area contributed by atoms with E-state index in [9.17, 15) is 9.59 Å². The van der Waals surface area contributed by atoms with Crippen LogP contribution < -0.4 is 17.6 Å². The zero-order valence-corrected chi connectivity index (χ0v) is 13.6. The second-order valence-corrected chi connectivity index (χ2v) is 4.98. The van der Waals surface area contributed by atoms with Crippen molar-refractivity contribution in [3.8, 4) is 11.1 Å². The molecule has 0 unspecified atom stereocenters. The number of carbonyl (C=O) groups excluding carboxylic acids is 1. The Morgan fingerprint density at radius 3 is 2.04 bits per heavy atom. The van der Waals surface area contributed by atoms with E-state index >= 15 is 0 Å². The van der Waals surface area contributed by atoms with Crippen molar-refractivity contribution in [2.45, 2.75) is 18.9 Å². The molecule has 0 aliphatic rings. The minimum atomic E-state index is -0.955. The zero-order chi connectivity index (χ0) is 17.1. The average molecular weight is 331 g/mol. The first-order chi connectivity index (χ1) is 11.1. The van der Waals surface area contributed by atoms with Gasteiger partial charge < -0.3 is 22.7 Å². The Hall–Kier alpha value is -2.54. The normalized spacial score (nSPS) is 10.6. The van der Waals surface area contributed by atoms with Crippen LogP contribution in [0.25, 0.3) is 11.1 Å². The van der Waals surface area contributed by atoms with Crippen molar-refractivity contribution in [2.24, 2.45) is 11.5 Å². The van der Waals surface area contributed by atoms with Crippen LogP contribution in [0.15, 0.2) is 54.6 Å². The van der Waals surface area contributed by atoms with Crippen molar-refractivity contribution >= 4 is 12.3 Å². The minimum absolute atomic E-state index is 0. The number of hydrogen-bond acceptors (Lipinski definition) is 5. The largest absolute Gasteiger partial charge is 0.480 e. The standard InChI is InChI=1S/C13H10O.C5H12N2O2.H3N/c14-10-11-6-8-13(9-7-11)12-4-2-1-3-5-12;6-3-1-2-4(7)5(8)9;/h1-10H;4H,1-3,6-7H2,(H,8,9);1H3/t;4-;/m.1./s1. The van der Waals surface area contributed by atoms with Crippen LogP contribution in [-0.2, 0) is 4.79 Å². The van der Waals surface area contributed by atoms with Gasteiger partial charge in [0.2, 0.25) is 0 Å². The molecular weight excluding hydrogens is 306 g/mol. The number of rotatable bonds is 6. The third kappa shape index (κ3) is 7.64. The van der Waals surface area contributed by atoms with Crippen molar-refractivity contribution < 1.29 is 14.7 Å². The van der Waals surface area contributed by atoms with Crippen molar-refractivity contribution in [1.29, 1.82) is 0 Å². The number of aliphatic carboxylic acids is 1. The van der Waals surface area contributed by atoms with E-state index in [1.807, 2.05) is 42.5 Å². The zero-order valence-electron chi connectivity index (χ0n) is 13.6. The van der Waals surface area contributed by atoms with Crippen LogP contribution in [0.5, 0.6) is 0 Å². The maximum absolute atomic E-state index is 10.5. The monoisotopic (exact) mass is 331 g/mol. The molecule has 0 aliphatic carbocycles. The van der Waals surface area contributed by atoms with Crippen LogP contribution in [-0.4, -0.2) is 29.9 Å². The van der Waals surface area contributed by atoms with Gasteiger partial charge in [0.05, 0.1) is 0 Å². The van der Waals surface area contributed by atoms with Gasteiger partial charge in [-0.1, -0.05) is 54.6 Å². The molecule has 0 radical (unpaired) electrons. The van der Waals surface area contributed by atoms with Gasteiger partial charge in [-0.25, -0.2) is 0 Å². The van der Waals surface area contributed by atoms with E-state index in [0.717, 1.165) is 11.8 Å². The van der Waals surface area contributed by atoms with Gasteiger partial charge in [0.15, 0.2) is 0 Å². The Morgan fingerprint density at radius 1 is 1.04 bits per heavy atom. The molecule has 0 amide bonds. The Kier molecular flexibility index (Phi) is 10.7. The molecule has 0 spiro atoms. The molecular formula is C18H25N3O3. The number of hydrogen-bond donors (Lipinski definition) is 4. The van der Waals surface area contributed by atoms with Gasteiger partial charge in [0, 0.05) is 5.56 Å². The summed E-state index contributed by atoms with van der Waals surface area (Å²) in [6.07, 6.45) is 1.99. The maximum Gasteiger partial charge on any atom is 0.320 e. The first-order valence-electron chi connectivity index (χ1n) is 7.37. The van der Waals surface area contributed by atoms with Crippen molar-refractivity contribution in [1.82, 2.24) is 6.15 Å². The highest BCUT2D eigenvalue weighted by Gasteiger charge is 2.08. The minimum Gasteiger partial charge on any atom is -0.480 e. The summed E-state index contributed by atoms with van der Waals surface area (Å²) in [5.74, 6) is -0.955. The van der Waals surface area contributed by atoms with Crippen LogP contribution in [0.1, 0.15) is 23.2 Å². The summed E-state index contributed by atoms with van der Waals surface area (Å²) < 4.78 is 0. The number of carbonyl (C=O) groups is 2. The number of carboxylic acid groups (broad SMARTS) is 1. The summed E-state index contributed by atoms with van der Waals surface area (Å²) in [6.45, 7) is 0.501. The van der Waals surface area contributed by atoms with Gasteiger partial charge in [0.25, 0.3) is 0 Å². The molecule has 2 aromatic rings. The summed E-state index contributed by atoms with van der Waals surface area (Å²) in [5, 5.41) is 8.24. The Balaban J connectivity index is 0.000000468. The van der Waals surface area contributed by atoms with Gasteiger partial charge in [-0.3, -0.25) is 9.59 Å². The van der Waals surface area contributed by atoms with Crippen molar-refractivity contribution in [3.63, 3.8) is 0 Å². The molecule has 2 rings (SSSR count). The molecule has 24 heavy (non-hydrogen) atoms. The number of benzene rings is 2. The lowest BCUT2D eigenvalue weighted by atomic mass is 10.0. The summed E-state index contributed by atoms with van der Waals surface area (Å²) in [5.41, 5.74) is 13.3. The highest BCUT2D eigenvalue weighted by atomic mass is 16.4. The Bertz CT molecular complexity index is 601. The average Bonchev–Trinajstić information content (AvgIpc) is 2.61. The SMILES string of the molecule is N.NCCC[C@@H](N)C(=O)O.O=Cc1ccc(-c2ccccc2)cc1. The van der Waals surface area contributed by atoms with E-state index in [1.54, 1.807) is 0 Å². The molecule has 0 aliphatic heterocycles. The lowest BCUT2D eigenvalue weighted by molar-refractivity contribution is -0.138. The first kappa shape index (κ1) is 21.5. The fourth-order valence-corrected chi connectivity index (χ4v) is 1.85. The van der Waals surface area contributed by atoms with Gasteiger partial charge in [0.1, 0.15) is 12.3 Å². The van der Waals surface area contributed by atoms with E-state index < -0.39 is 12.0 Å². The molecule has 8 N–H and O–H groups in total. The predicted octanol–water partition coefficient (Wildman–Crippen LogP) is 2.47. The fraction of sp³-hybridized carbons (Fsp3) is 0.222. The molecule has 0 aromatic heterocycles. The Morgan fingerprint density at radius 2 is 1.58 bits per heavy atom. The second kappa shape index (κ2) is 12.0. The summed E-state index contributed by atoms with van der Waals surface area (Å²) in [4.78, 5) is 20.5. The summed E-state index contributed by atoms with van der Waals surface area (Å²) >= 11 is 0. The van der Waals surface area contributed by atoms with E-state index in [2.05, 4.69) is 12.1 Å². The smallest absolute Gasteiger partial charge is 0.320 e. The molecule has 1 atom stereocenters. The van der Waals surface area contributed by atoms with E-state index in [0.29, 0.717) is 24.9 Å². The molecule has 0 saturated heterocycles. The number of nitrogens with two attached hydrogens (primary N) is 2. The van der Waals surface area contributed by atoms with Crippen LogP contribution in [0, 0.1) is 0 Å². The highest BCUT2D eigenvalue weighted by molar-refractivity contribution is 5.76. The maximum atomic E-state index is 10.5. The number of carboxylic acids is 1. The molecule has 130 valence electrons. The van der Waals surface area contributed by atoms with E-state index in [4.69, 9.17) is 16.6 Å². The lowest BCUT2D eigenvalue weighted by Crippen LogP contribution is -2.30. The van der Waals surface area contributed by atoms with Crippen LogP contribution in [0.2, 0.25) is 0 Å². The summed E-state index contributed by atoms with van der Waals surface area (Å²) in [6, 6.07) is 16.9. The van der Waals surface area contributed by atoms with Crippen LogP contribution in [0.3, 0.4) is 0 Å². The molecule has 0 bridgehead atoms.